The van der Waals surface area contributed by atoms with E-state index in [1.165, 1.54) is 49.4 Å². The number of ether oxygens (including phenoxy) is 1. The van der Waals surface area contributed by atoms with E-state index in [1.54, 1.807) is 6.92 Å². The molecule has 1 aliphatic carbocycles. The summed E-state index contributed by atoms with van der Waals surface area (Å²) in [7, 11) is 0. The molecule has 0 spiro atoms. The summed E-state index contributed by atoms with van der Waals surface area (Å²) < 4.78 is 7.14. The lowest BCUT2D eigenvalue weighted by Crippen LogP contribution is -2.47. The van der Waals surface area contributed by atoms with Crippen molar-refractivity contribution in [3.8, 4) is 0 Å². The fourth-order valence-corrected chi connectivity index (χ4v) is 5.04. The second kappa shape index (κ2) is 11.5. The number of aliphatic hydroxyl groups is 3. The van der Waals surface area contributed by atoms with Crippen LogP contribution in [-0.4, -0.2) is 78.3 Å². The van der Waals surface area contributed by atoms with Crippen molar-refractivity contribution in [1.29, 1.82) is 0 Å². The molecule has 1 unspecified atom stereocenters. The van der Waals surface area contributed by atoms with Gasteiger partial charge in [0.1, 0.15) is 23.8 Å². The maximum Gasteiger partial charge on any atom is 0.251 e. The Balaban J connectivity index is 1.42. The van der Waals surface area contributed by atoms with Gasteiger partial charge in [-0.2, -0.15) is 9.97 Å². The Kier molecular flexibility index (Phi) is 8.37. The fourth-order valence-electron chi connectivity index (χ4n) is 5.04. The number of hydrogen-bond acceptors (Lipinski definition) is 10. The second-order valence-corrected chi connectivity index (χ2v) is 9.49. The number of amides is 1. The zero-order chi connectivity index (χ0) is 24.9. The molecular formula is C23H37N7O5. The summed E-state index contributed by atoms with van der Waals surface area (Å²) in [6.07, 6.45) is 4.53. The maximum atomic E-state index is 12.0. The smallest absolute Gasteiger partial charge is 0.251 e. The lowest BCUT2D eigenvalue weighted by Gasteiger charge is -2.21. The molecule has 3 heterocycles. The first kappa shape index (κ1) is 25.5. The normalized spacial score (nSPS) is 26.2. The zero-order valence-electron chi connectivity index (χ0n) is 20.1. The van der Waals surface area contributed by atoms with Gasteiger partial charge < -0.3 is 36.4 Å². The predicted octanol–water partition coefficient (Wildman–Crippen LogP) is 0.687. The minimum absolute atomic E-state index is 0.172. The first-order chi connectivity index (χ1) is 16.9. The fraction of sp³-hybridized carbons (Fsp3) is 0.739. The van der Waals surface area contributed by atoms with Crippen LogP contribution < -0.4 is 16.4 Å². The number of nitrogens with two attached hydrogens (primary N) is 1. The van der Waals surface area contributed by atoms with Crippen LogP contribution in [0.4, 0.5) is 11.8 Å². The highest BCUT2D eigenvalue weighted by Gasteiger charge is 2.49. The summed E-state index contributed by atoms with van der Waals surface area (Å²) in [5.41, 5.74) is 6.73. The molecule has 5 atom stereocenters. The number of imidazole rings is 1. The quantitative estimate of drug-likeness (QED) is 0.259. The molecule has 2 aliphatic rings. The molecular weight excluding hydrogens is 454 g/mol. The van der Waals surface area contributed by atoms with E-state index in [4.69, 9.17) is 10.5 Å². The lowest BCUT2D eigenvalue weighted by molar-refractivity contribution is -0.143. The van der Waals surface area contributed by atoms with Crippen molar-refractivity contribution in [3.05, 3.63) is 6.33 Å². The molecule has 12 nitrogen and oxygen atoms in total. The summed E-state index contributed by atoms with van der Waals surface area (Å²) in [5.74, 6) is 0.665. The number of nitrogens with zero attached hydrogens (tertiary/aromatic N) is 4. The number of fused-ring (bicyclic) bond motifs is 1. The van der Waals surface area contributed by atoms with Gasteiger partial charge in [-0.3, -0.25) is 9.36 Å². The maximum absolute atomic E-state index is 12.0. The first-order valence-corrected chi connectivity index (χ1v) is 12.6. The predicted molar refractivity (Wildman–Crippen MR) is 129 cm³/mol. The van der Waals surface area contributed by atoms with Crippen molar-refractivity contribution in [3.63, 3.8) is 0 Å². The average molecular weight is 492 g/mol. The standard InChI is InChI=1S/C23H37N7O5/c1-2-25-21(34)17(33)18-15(31)16(32)22(35-18)30-12-27-14-19(24)28-23(29-20(14)30)26-11-7-6-10-13-8-4-3-5-9-13/h12-13,15-18,22,31-33H,2-11H2,1H3,(H,25,34)(H3,24,26,28,29)/t15-,16+,17?,18-,22+/m0/s1. The molecule has 0 bridgehead atoms. The minimum atomic E-state index is -1.65. The highest BCUT2D eigenvalue weighted by molar-refractivity contribution is 5.83. The van der Waals surface area contributed by atoms with Crippen molar-refractivity contribution in [2.75, 3.05) is 24.1 Å². The number of likely N-dealkylation sites (N-methyl/N-ethyl adjacent to an activating group) is 1. The van der Waals surface area contributed by atoms with Crippen molar-refractivity contribution in [1.82, 2.24) is 24.8 Å². The Morgan fingerprint density at radius 3 is 2.74 bits per heavy atom. The van der Waals surface area contributed by atoms with Crippen LogP contribution in [0.5, 0.6) is 0 Å². The molecule has 35 heavy (non-hydrogen) atoms. The molecule has 2 aromatic rings. The number of nitrogens with one attached hydrogen (secondary N) is 2. The van der Waals surface area contributed by atoms with Gasteiger partial charge in [0.2, 0.25) is 5.95 Å². The molecule has 12 heteroatoms. The van der Waals surface area contributed by atoms with E-state index in [1.807, 2.05) is 0 Å². The van der Waals surface area contributed by atoms with Gasteiger partial charge in [0, 0.05) is 13.1 Å². The number of aromatic nitrogens is 4. The topological polar surface area (TPSA) is 181 Å². The van der Waals surface area contributed by atoms with Crippen LogP contribution in [0.2, 0.25) is 0 Å². The van der Waals surface area contributed by atoms with Crippen LogP contribution in [0.25, 0.3) is 11.2 Å². The SMILES string of the molecule is CCNC(=O)C(O)[C@H]1O[C@@H](n2cnc3c(N)nc(NCCCCC4CCCCC4)nc32)[C@H](O)[C@@H]1O. The van der Waals surface area contributed by atoms with E-state index in [-0.39, 0.29) is 5.82 Å². The van der Waals surface area contributed by atoms with Crippen molar-refractivity contribution in [2.24, 2.45) is 5.92 Å². The summed E-state index contributed by atoms with van der Waals surface area (Å²) in [5, 5.41) is 37.0. The van der Waals surface area contributed by atoms with E-state index >= 15 is 0 Å². The molecule has 2 aromatic heterocycles. The van der Waals surface area contributed by atoms with Crippen LogP contribution in [-0.2, 0) is 9.53 Å². The molecule has 7 N–H and O–H groups in total. The average Bonchev–Trinajstić information content (AvgIpc) is 3.40. The van der Waals surface area contributed by atoms with Crippen LogP contribution in [0.3, 0.4) is 0 Å². The molecule has 1 aliphatic heterocycles. The Hall–Kier alpha value is -2.54. The number of carbonyl (C=O) groups is 1. The molecule has 0 aromatic carbocycles. The van der Waals surface area contributed by atoms with E-state index < -0.39 is 36.6 Å². The van der Waals surface area contributed by atoms with E-state index in [0.717, 1.165) is 18.8 Å². The minimum Gasteiger partial charge on any atom is -0.387 e. The zero-order valence-corrected chi connectivity index (χ0v) is 20.1. The molecule has 4 rings (SSSR count). The molecule has 1 saturated heterocycles. The molecule has 194 valence electrons. The van der Waals surface area contributed by atoms with E-state index in [2.05, 4.69) is 25.6 Å². The van der Waals surface area contributed by atoms with Crippen molar-refractivity contribution in [2.45, 2.75) is 88.9 Å². The van der Waals surface area contributed by atoms with Gasteiger partial charge in [0.25, 0.3) is 5.91 Å². The molecule has 1 amide bonds. The molecule has 0 radical (unpaired) electrons. The highest BCUT2D eigenvalue weighted by atomic mass is 16.6. The first-order valence-electron chi connectivity index (χ1n) is 12.6. The van der Waals surface area contributed by atoms with Crippen molar-refractivity contribution >= 4 is 28.8 Å². The number of rotatable bonds is 10. The van der Waals surface area contributed by atoms with Crippen LogP contribution in [0.1, 0.15) is 64.5 Å². The number of aliphatic hydroxyl groups excluding tert-OH is 3. The largest absolute Gasteiger partial charge is 0.387 e. The third-order valence-corrected chi connectivity index (χ3v) is 6.98. The number of hydrogen-bond donors (Lipinski definition) is 6. The van der Waals surface area contributed by atoms with Crippen molar-refractivity contribution < 1.29 is 24.9 Å². The van der Waals surface area contributed by atoms with Gasteiger partial charge >= 0.3 is 0 Å². The molecule has 1 saturated carbocycles. The van der Waals surface area contributed by atoms with Crippen LogP contribution >= 0.6 is 0 Å². The number of carbonyl (C=O) groups excluding carboxylic acids is 1. The summed E-state index contributed by atoms with van der Waals surface area (Å²) >= 11 is 0. The van der Waals surface area contributed by atoms with Gasteiger partial charge in [0.05, 0.1) is 6.33 Å². The van der Waals surface area contributed by atoms with Gasteiger partial charge in [-0.15, -0.1) is 0 Å². The monoisotopic (exact) mass is 491 g/mol. The van der Waals surface area contributed by atoms with Gasteiger partial charge in [-0.1, -0.05) is 44.9 Å². The Morgan fingerprint density at radius 1 is 1.23 bits per heavy atom. The third kappa shape index (κ3) is 5.66. The van der Waals surface area contributed by atoms with Gasteiger partial charge in [0.15, 0.2) is 23.8 Å². The van der Waals surface area contributed by atoms with E-state index in [0.29, 0.717) is 30.2 Å². The molecule has 2 fully saturated rings. The van der Waals surface area contributed by atoms with Gasteiger partial charge in [-0.05, 0) is 19.3 Å². The van der Waals surface area contributed by atoms with Crippen LogP contribution in [0.15, 0.2) is 6.33 Å². The lowest BCUT2D eigenvalue weighted by atomic mass is 9.86. The van der Waals surface area contributed by atoms with Gasteiger partial charge in [-0.25, -0.2) is 4.98 Å². The Labute approximate surface area is 204 Å². The summed E-state index contributed by atoms with van der Waals surface area (Å²) in [6, 6.07) is 0. The second-order valence-electron chi connectivity index (χ2n) is 9.49. The summed E-state index contributed by atoms with van der Waals surface area (Å²) in [4.78, 5) is 25.0. The highest BCUT2D eigenvalue weighted by Crippen LogP contribution is 2.34. The Bertz CT molecular complexity index is 996. The van der Waals surface area contributed by atoms with Crippen LogP contribution in [0, 0.1) is 5.92 Å². The summed E-state index contributed by atoms with van der Waals surface area (Å²) in [6.45, 7) is 2.72. The third-order valence-electron chi connectivity index (χ3n) is 6.98. The number of anilines is 2. The number of nitrogen functional groups attached to an aromatic ring is 1. The number of unbranched alkanes of at least 4 members (excludes halogenated alkanes) is 1. The van der Waals surface area contributed by atoms with E-state index in [9.17, 15) is 20.1 Å². The Morgan fingerprint density at radius 2 is 2.00 bits per heavy atom.